The number of thiol groups is 1. The van der Waals surface area contributed by atoms with Gasteiger partial charge < -0.3 is 10.8 Å². The SMILES string of the molecule is CC(C(=O)O)(c1ccc(N)nc1)C(S)CCc1ccc(C(F)(F)F)cc1F. The van der Waals surface area contributed by atoms with Gasteiger partial charge in [-0.1, -0.05) is 12.1 Å². The average molecular weight is 402 g/mol. The maximum Gasteiger partial charge on any atom is 0.416 e. The fraction of sp³-hybridized carbons (Fsp3) is 0.333. The number of carboxylic acids is 1. The summed E-state index contributed by atoms with van der Waals surface area (Å²) in [5.41, 5.74) is 3.44. The summed E-state index contributed by atoms with van der Waals surface area (Å²) in [4.78, 5) is 15.8. The second kappa shape index (κ2) is 7.75. The molecule has 0 fully saturated rings. The standard InChI is InChI=1S/C18H18F4N2O2S/c1-17(16(25)26,12-5-7-15(23)24-9-12)14(27)6-3-10-2-4-11(8-13(10)19)18(20,21)22/h2,4-5,7-9,14,27H,3,6H2,1H3,(H2,23,24)(H,25,26). The zero-order valence-corrected chi connectivity index (χ0v) is 15.2. The van der Waals surface area contributed by atoms with Crippen LogP contribution in [0.5, 0.6) is 0 Å². The van der Waals surface area contributed by atoms with E-state index in [1.807, 2.05) is 0 Å². The van der Waals surface area contributed by atoms with Crippen LogP contribution in [-0.4, -0.2) is 21.3 Å². The van der Waals surface area contributed by atoms with Gasteiger partial charge in [0.15, 0.2) is 0 Å². The molecule has 2 aromatic rings. The van der Waals surface area contributed by atoms with Crippen LogP contribution in [0.4, 0.5) is 23.4 Å². The van der Waals surface area contributed by atoms with Gasteiger partial charge in [0, 0.05) is 11.4 Å². The van der Waals surface area contributed by atoms with E-state index >= 15 is 0 Å². The monoisotopic (exact) mass is 402 g/mol. The van der Waals surface area contributed by atoms with Gasteiger partial charge in [-0.25, -0.2) is 9.37 Å². The first-order valence-corrected chi connectivity index (χ1v) is 8.47. The maximum absolute atomic E-state index is 14.0. The summed E-state index contributed by atoms with van der Waals surface area (Å²) < 4.78 is 51.8. The number of alkyl halides is 3. The second-order valence-corrected chi connectivity index (χ2v) is 6.96. The van der Waals surface area contributed by atoms with E-state index in [1.54, 1.807) is 0 Å². The van der Waals surface area contributed by atoms with E-state index < -0.39 is 34.2 Å². The lowest BCUT2D eigenvalue weighted by Crippen LogP contribution is -2.41. The number of nitrogen functional groups attached to an aromatic ring is 1. The molecule has 0 saturated heterocycles. The van der Waals surface area contributed by atoms with Crippen LogP contribution in [0.2, 0.25) is 0 Å². The van der Waals surface area contributed by atoms with Crippen molar-refractivity contribution in [2.24, 2.45) is 0 Å². The van der Waals surface area contributed by atoms with Crippen molar-refractivity contribution >= 4 is 24.4 Å². The van der Waals surface area contributed by atoms with E-state index in [4.69, 9.17) is 5.73 Å². The van der Waals surface area contributed by atoms with Crippen LogP contribution in [0.3, 0.4) is 0 Å². The molecule has 0 aliphatic heterocycles. The summed E-state index contributed by atoms with van der Waals surface area (Å²) in [6.45, 7) is 1.46. The predicted molar refractivity (Wildman–Crippen MR) is 96.1 cm³/mol. The number of nitrogens with zero attached hydrogens (tertiary/aromatic N) is 1. The lowest BCUT2D eigenvalue weighted by atomic mass is 9.78. The molecule has 146 valence electrons. The average Bonchev–Trinajstić information content (AvgIpc) is 2.59. The minimum absolute atomic E-state index is 0.0312. The summed E-state index contributed by atoms with van der Waals surface area (Å²) in [6, 6.07) is 5.28. The number of carbonyl (C=O) groups is 1. The molecule has 0 aliphatic carbocycles. The lowest BCUT2D eigenvalue weighted by Gasteiger charge is -2.31. The lowest BCUT2D eigenvalue weighted by molar-refractivity contribution is -0.143. The van der Waals surface area contributed by atoms with Crippen molar-refractivity contribution in [1.29, 1.82) is 0 Å². The highest BCUT2D eigenvalue weighted by Crippen LogP contribution is 2.35. The van der Waals surface area contributed by atoms with Gasteiger partial charge in [-0.2, -0.15) is 25.8 Å². The van der Waals surface area contributed by atoms with Crippen LogP contribution in [0, 0.1) is 5.82 Å². The molecule has 4 nitrogen and oxygen atoms in total. The Balaban J connectivity index is 2.21. The molecule has 9 heteroatoms. The Hall–Kier alpha value is -2.29. The van der Waals surface area contributed by atoms with Crippen LogP contribution in [0.15, 0.2) is 36.5 Å². The Kier molecular flexibility index (Phi) is 6.04. The van der Waals surface area contributed by atoms with E-state index in [9.17, 15) is 27.5 Å². The highest BCUT2D eigenvalue weighted by atomic mass is 32.1. The number of benzene rings is 1. The molecule has 2 rings (SSSR count). The molecule has 0 spiro atoms. The van der Waals surface area contributed by atoms with E-state index in [0.29, 0.717) is 11.6 Å². The third-order valence-electron chi connectivity index (χ3n) is 4.56. The number of pyridine rings is 1. The van der Waals surface area contributed by atoms with Crippen molar-refractivity contribution in [1.82, 2.24) is 4.98 Å². The largest absolute Gasteiger partial charge is 0.481 e. The number of aliphatic carboxylic acids is 1. The zero-order valence-electron chi connectivity index (χ0n) is 14.3. The highest BCUT2D eigenvalue weighted by Gasteiger charge is 2.41. The molecule has 0 radical (unpaired) electrons. The minimum Gasteiger partial charge on any atom is -0.481 e. The molecular formula is C18H18F4N2O2S. The number of aromatic nitrogens is 1. The van der Waals surface area contributed by atoms with Crippen molar-refractivity contribution in [3.8, 4) is 0 Å². The fourth-order valence-electron chi connectivity index (χ4n) is 2.68. The van der Waals surface area contributed by atoms with Crippen LogP contribution in [0.25, 0.3) is 0 Å². The maximum atomic E-state index is 14.0. The normalized spacial score (nSPS) is 15.2. The van der Waals surface area contributed by atoms with Crippen LogP contribution >= 0.6 is 12.6 Å². The Labute approximate surface area is 158 Å². The molecule has 0 amide bonds. The molecule has 1 aromatic carbocycles. The number of aryl methyl sites for hydroxylation is 1. The molecule has 27 heavy (non-hydrogen) atoms. The summed E-state index contributed by atoms with van der Waals surface area (Å²) in [5, 5.41) is 8.95. The number of anilines is 1. The van der Waals surface area contributed by atoms with Gasteiger partial charge in [0.1, 0.15) is 17.1 Å². The molecule has 0 saturated carbocycles. The topological polar surface area (TPSA) is 76.2 Å². The van der Waals surface area contributed by atoms with Gasteiger partial charge >= 0.3 is 12.1 Å². The van der Waals surface area contributed by atoms with Crippen molar-refractivity contribution in [2.75, 3.05) is 5.73 Å². The summed E-state index contributed by atoms with van der Waals surface area (Å²) in [5.74, 6) is -1.91. The van der Waals surface area contributed by atoms with Crippen LogP contribution < -0.4 is 5.73 Å². The van der Waals surface area contributed by atoms with Gasteiger partial charge in [-0.15, -0.1) is 0 Å². The van der Waals surface area contributed by atoms with Gasteiger partial charge in [0.05, 0.1) is 5.56 Å². The first-order valence-electron chi connectivity index (χ1n) is 7.95. The Morgan fingerprint density at radius 1 is 1.26 bits per heavy atom. The fourth-order valence-corrected chi connectivity index (χ4v) is 3.07. The summed E-state index contributed by atoms with van der Waals surface area (Å²) in [7, 11) is 0. The predicted octanol–water partition coefficient (Wildman–Crippen LogP) is 4.10. The van der Waals surface area contributed by atoms with Crippen molar-refractivity contribution < 1.29 is 27.5 Å². The highest BCUT2D eigenvalue weighted by molar-refractivity contribution is 7.81. The first kappa shape index (κ1) is 21.0. The van der Waals surface area contributed by atoms with E-state index in [2.05, 4.69) is 17.6 Å². The summed E-state index contributed by atoms with van der Waals surface area (Å²) in [6.07, 6.45) is -3.14. The third kappa shape index (κ3) is 4.52. The Morgan fingerprint density at radius 3 is 2.37 bits per heavy atom. The van der Waals surface area contributed by atoms with Gasteiger partial charge in [0.25, 0.3) is 0 Å². The molecule has 2 atom stereocenters. The number of hydrogen-bond donors (Lipinski definition) is 3. The first-order chi connectivity index (χ1) is 12.5. The number of hydrogen-bond acceptors (Lipinski definition) is 4. The van der Waals surface area contributed by atoms with E-state index in [0.717, 1.165) is 12.1 Å². The summed E-state index contributed by atoms with van der Waals surface area (Å²) >= 11 is 4.38. The van der Waals surface area contributed by atoms with Gasteiger partial charge in [-0.3, -0.25) is 4.79 Å². The molecule has 0 aliphatic rings. The van der Waals surface area contributed by atoms with Crippen molar-refractivity contribution in [3.05, 3.63) is 59.0 Å². The molecule has 2 unspecified atom stereocenters. The van der Waals surface area contributed by atoms with Crippen LogP contribution in [-0.2, 0) is 22.8 Å². The quantitative estimate of drug-likeness (QED) is 0.502. The molecule has 0 bridgehead atoms. The third-order valence-corrected chi connectivity index (χ3v) is 5.34. The minimum atomic E-state index is -4.63. The number of nitrogens with two attached hydrogens (primary N) is 1. The smallest absolute Gasteiger partial charge is 0.416 e. The van der Waals surface area contributed by atoms with Crippen molar-refractivity contribution in [2.45, 2.75) is 36.6 Å². The second-order valence-electron chi connectivity index (χ2n) is 6.34. The number of halogens is 4. The molecule has 3 N–H and O–H groups in total. The van der Waals surface area contributed by atoms with Crippen molar-refractivity contribution in [3.63, 3.8) is 0 Å². The molecular weight excluding hydrogens is 384 g/mol. The number of carboxylic acid groups (broad SMARTS) is 1. The van der Waals surface area contributed by atoms with E-state index in [-0.39, 0.29) is 24.2 Å². The van der Waals surface area contributed by atoms with Gasteiger partial charge in [0.2, 0.25) is 0 Å². The van der Waals surface area contributed by atoms with E-state index in [1.165, 1.54) is 25.3 Å². The van der Waals surface area contributed by atoms with Crippen LogP contribution in [0.1, 0.15) is 30.0 Å². The number of rotatable bonds is 6. The Morgan fingerprint density at radius 2 is 1.89 bits per heavy atom. The molecule has 1 heterocycles. The zero-order chi connectivity index (χ0) is 20.4. The van der Waals surface area contributed by atoms with Gasteiger partial charge in [-0.05, 0) is 49.1 Å². The Bertz CT molecular complexity index is 827. The molecule has 1 aromatic heterocycles.